The van der Waals surface area contributed by atoms with E-state index >= 15 is 0 Å². The van der Waals surface area contributed by atoms with Gasteiger partial charge in [-0.3, -0.25) is 0 Å². The predicted octanol–water partition coefficient (Wildman–Crippen LogP) is 22.4. The van der Waals surface area contributed by atoms with Crippen molar-refractivity contribution < 1.29 is 115 Å². The molecule has 0 saturated heterocycles. The van der Waals surface area contributed by atoms with Crippen molar-refractivity contribution in [1.29, 1.82) is 0 Å². The van der Waals surface area contributed by atoms with Gasteiger partial charge >= 0.3 is 231 Å². The summed E-state index contributed by atoms with van der Waals surface area (Å²) in [6.45, 7) is 123. The monoisotopic (exact) mass is 2190 g/mol. The van der Waals surface area contributed by atoms with Crippen LogP contribution >= 0.6 is 0 Å². The molecule has 0 aromatic rings. The third-order valence-electron chi connectivity index (χ3n) is 15.0. The fourth-order valence-electron chi connectivity index (χ4n) is 17.8. The molecule has 0 bridgehead atoms. The molecule has 0 saturated carbocycles. The lowest BCUT2D eigenvalue weighted by Crippen LogP contribution is -2.63. The summed E-state index contributed by atoms with van der Waals surface area (Å²) in [6.07, 6.45) is 2.32. The average molecular weight is 2190 g/mol. The SMILES string of the molecule is CCCC[Si](C)(C)O[Si](C)(C)O[Si](C)(C)O[Si](C)(C)O[Si](C)(C)O[Si](C)(C)O[Si](C)(C)O[Si](C)(C)O[Si](C)(C)O[Si](C)(C)O[Si](C)(C)O[Si](C)(C)O[Si](C)(C)O[Si](C)(C)O[Si](C)(C)O[Si](C)(C)O[Si](C)(C)O[Si](C)(C)O[Si](C)(C)O[Si](C)(C)O[Si](C)(C)O[Si](C)(C)O[Si](C)(C)O[Si](C)(C)O[Si](C)(C)O[Si](C)(C)O[Si](C)(C)O[Si](C)(C)O[SiH](C)C. The first-order valence-corrected chi connectivity index (χ1v) is 125. The van der Waals surface area contributed by atoms with E-state index in [-0.39, 0.29) is 0 Å². The summed E-state index contributed by atoms with van der Waals surface area (Å²) in [6, 6.07) is 1.12. The highest BCUT2D eigenvalue weighted by atomic mass is 28.6. The molecule has 0 fully saturated rings. The molecule has 0 rings (SSSR count). The van der Waals surface area contributed by atoms with E-state index in [1.165, 1.54) is 6.42 Å². The smallest absolute Gasteiger partial charge is 0.314 e. The molecule has 716 valence electrons. The van der Waals surface area contributed by atoms with Gasteiger partial charge in [0.05, 0.1) is 0 Å². The van der Waals surface area contributed by atoms with E-state index in [4.69, 9.17) is 115 Å². The number of hydrogen-bond acceptors (Lipinski definition) is 28. The second-order valence-corrected chi connectivity index (χ2v) is 149. The van der Waals surface area contributed by atoms with Crippen molar-refractivity contribution in [2.45, 2.75) is 406 Å². The maximum Gasteiger partial charge on any atom is 0.314 e. The van der Waals surface area contributed by atoms with E-state index in [0.717, 1.165) is 12.5 Å². The van der Waals surface area contributed by atoms with Crippen molar-refractivity contribution >= 4 is 249 Å². The molecule has 0 aliphatic heterocycles. The molecule has 0 aromatic carbocycles. The minimum Gasteiger partial charge on any atom is -0.440 e. The zero-order chi connectivity index (χ0) is 95.5. The Hall–Kier alpha value is 5.17. The van der Waals surface area contributed by atoms with E-state index < -0.39 is 249 Å². The molecule has 57 heteroatoms. The minimum atomic E-state index is -2.93. The summed E-state index contributed by atoms with van der Waals surface area (Å²) >= 11 is 0. The Morgan fingerprint density at radius 3 is 0.303 bits per heavy atom. The normalized spacial score (nSPS) is 16.1. The number of unbranched alkanes of at least 4 members (excludes halogenated alkanes) is 1. The second-order valence-electron chi connectivity index (χ2n) is 44.6. The fourth-order valence-corrected chi connectivity index (χ4v) is 167. The van der Waals surface area contributed by atoms with Gasteiger partial charge in [-0.25, -0.2) is 0 Å². The van der Waals surface area contributed by atoms with Crippen LogP contribution in [0.5, 0.6) is 0 Å². The predicted molar refractivity (Wildman–Crippen MR) is 558 cm³/mol. The molecular formula is C62H184O28Si29. The topological polar surface area (TPSA) is 258 Å². The molecule has 0 heterocycles. The first kappa shape index (κ1) is 124. The first-order valence-electron chi connectivity index (χ1n) is 42.7. The number of hydrogen-bond donors (Lipinski definition) is 0. The zero-order valence-corrected chi connectivity index (χ0v) is 116. The Bertz CT molecular complexity index is 3070. The van der Waals surface area contributed by atoms with Crippen LogP contribution in [0.4, 0.5) is 0 Å². The van der Waals surface area contributed by atoms with Crippen LogP contribution in [0.25, 0.3) is 0 Å². The van der Waals surface area contributed by atoms with E-state index in [0.29, 0.717) is 0 Å². The van der Waals surface area contributed by atoms with Gasteiger partial charge in [0, 0.05) is 0 Å². The summed E-state index contributed by atoms with van der Waals surface area (Å²) in [5.41, 5.74) is 0. The van der Waals surface area contributed by atoms with Gasteiger partial charge in [0.2, 0.25) is 0 Å². The van der Waals surface area contributed by atoms with Gasteiger partial charge in [0.15, 0.2) is 17.4 Å². The van der Waals surface area contributed by atoms with E-state index in [1.54, 1.807) is 0 Å². The van der Waals surface area contributed by atoms with Crippen LogP contribution in [0.2, 0.25) is 386 Å². The summed E-state index contributed by atoms with van der Waals surface area (Å²) in [4.78, 5) is 0. The summed E-state index contributed by atoms with van der Waals surface area (Å²) in [7, 11) is -79.4. The quantitative estimate of drug-likeness (QED) is 0.0513. The van der Waals surface area contributed by atoms with Crippen LogP contribution in [-0.2, 0) is 115 Å². The molecule has 0 aliphatic carbocycles. The standard InChI is InChI=1S/C62H184O28Si29/c1-60-61-62-92(4,5)64-94(8,9)66-96(12,13)68-98(16,17)70-100(20,21)72-102(24,25)74-104(28,29)76-106(32,33)78-108(36,37)80-110(40,41)82-112(44,45)84-114(48,49)86-116(52,53)88-118(56,57)90-119(58,59)89-117(54,55)87-115(50,51)85-113(46,47)83-111(42,43)81-109(38,39)79-107(34,35)77-105(30,31)75-103(26,27)73-101(22,23)71-99(18,19)69-97(14,15)67-95(10,11)65-93(6,7)63-91(2)3/h91H,60-62H2,1-59H3. The molecule has 0 spiro atoms. The Kier molecular flexibility index (Phi) is 44.7. The van der Waals surface area contributed by atoms with Gasteiger partial charge in [-0.05, 0) is 386 Å². The lowest BCUT2D eigenvalue weighted by molar-refractivity contribution is 0.243. The molecule has 0 N–H and O–H groups in total. The molecule has 119 heavy (non-hydrogen) atoms. The van der Waals surface area contributed by atoms with Crippen LogP contribution in [0.15, 0.2) is 0 Å². The average Bonchev–Trinajstić information content (AvgIpc) is 0.804. The van der Waals surface area contributed by atoms with Crippen LogP contribution in [0.3, 0.4) is 0 Å². The molecule has 0 unspecified atom stereocenters. The van der Waals surface area contributed by atoms with Gasteiger partial charge in [-0.1, -0.05) is 19.8 Å². The Morgan fingerprint density at radius 2 is 0.218 bits per heavy atom. The maximum atomic E-state index is 7.03. The van der Waals surface area contributed by atoms with Crippen molar-refractivity contribution in [2.75, 3.05) is 0 Å². The van der Waals surface area contributed by atoms with Crippen molar-refractivity contribution in [3.05, 3.63) is 0 Å². The first-order chi connectivity index (χ1) is 51.1. The van der Waals surface area contributed by atoms with E-state index in [2.05, 4.69) is 387 Å². The highest BCUT2D eigenvalue weighted by molar-refractivity contribution is 6.98. The minimum absolute atomic E-state index is 1.12. The van der Waals surface area contributed by atoms with Gasteiger partial charge in [0.1, 0.15) is 0 Å². The van der Waals surface area contributed by atoms with E-state index in [1.807, 2.05) is 0 Å². The molecular weight excluding hydrogens is 2010 g/mol. The molecule has 0 amide bonds. The third kappa shape index (κ3) is 57.6. The van der Waals surface area contributed by atoms with Gasteiger partial charge in [-0.2, -0.15) is 0 Å². The van der Waals surface area contributed by atoms with Crippen molar-refractivity contribution in [3.63, 3.8) is 0 Å². The van der Waals surface area contributed by atoms with Crippen molar-refractivity contribution in [3.8, 4) is 0 Å². The van der Waals surface area contributed by atoms with Gasteiger partial charge < -0.3 is 115 Å². The van der Waals surface area contributed by atoms with Gasteiger partial charge in [-0.15, -0.1) is 0 Å². The Balaban J connectivity index is 5.95. The van der Waals surface area contributed by atoms with Crippen LogP contribution in [0, 0.1) is 0 Å². The molecule has 0 aliphatic rings. The summed E-state index contributed by atoms with van der Waals surface area (Å²) < 4.78 is 194. The van der Waals surface area contributed by atoms with Gasteiger partial charge in [0.25, 0.3) is 0 Å². The van der Waals surface area contributed by atoms with Crippen LogP contribution in [0.1, 0.15) is 19.8 Å². The Labute approximate surface area is 762 Å². The highest BCUT2D eigenvalue weighted by Crippen LogP contribution is 2.38. The largest absolute Gasteiger partial charge is 0.440 e. The lowest BCUT2D eigenvalue weighted by Gasteiger charge is -2.45. The molecule has 0 aromatic heterocycles. The molecule has 0 atom stereocenters. The maximum absolute atomic E-state index is 7.03. The highest BCUT2D eigenvalue weighted by Gasteiger charge is 2.58. The third-order valence-corrected chi connectivity index (χ3v) is 127. The molecule has 0 radical (unpaired) electrons. The van der Waals surface area contributed by atoms with Crippen LogP contribution in [-0.4, -0.2) is 249 Å². The molecule has 28 nitrogen and oxygen atoms in total. The Morgan fingerprint density at radius 1 is 0.134 bits per heavy atom. The van der Waals surface area contributed by atoms with Crippen LogP contribution < -0.4 is 0 Å². The lowest BCUT2D eigenvalue weighted by atomic mass is 10.4. The van der Waals surface area contributed by atoms with E-state index in [9.17, 15) is 0 Å². The fraction of sp³-hybridized carbons (Fsp3) is 1.00. The van der Waals surface area contributed by atoms with Crippen molar-refractivity contribution in [2.24, 2.45) is 0 Å². The number of rotatable bonds is 59. The second kappa shape index (κ2) is 42.8. The zero-order valence-electron chi connectivity index (χ0n) is 87.1. The summed E-state index contributed by atoms with van der Waals surface area (Å²) in [5.74, 6) is 0. The summed E-state index contributed by atoms with van der Waals surface area (Å²) in [5, 5.41) is 0. The van der Waals surface area contributed by atoms with Crippen molar-refractivity contribution in [1.82, 2.24) is 0 Å².